The highest BCUT2D eigenvalue weighted by molar-refractivity contribution is 9.10. The first kappa shape index (κ1) is 14.3. The highest BCUT2D eigenvalue weighted by Crippen LogP contribution is 2.35. The van der Waals surface area contributed by atoms with Gasteiger partial charge >= 0.3 is 0 Å². The first-order valence-electron chi connectivity index (χ1n) is 5.11. The van der Waals surface area contributed by atoms with E-state index in [0.29, 0.717) is 19.6 Å². The first-order chi connectivity index (χ1) is 8.47. The van der Waals surface area contributed by atoms with Crippen molar-refractivity contribution in [3.05, 3.63) is 54.4 Å². The Hall–Kier alpha value is -0.130. The molecule has 0 aliphatic rings. The van der Waals surface area contributed by atoms with E-state index in [2.05, 4.69) is 15.9 Å². The van der Waals surface area contributed by atoms with Crippen molar-refractivity contribution in [1.82, 2.24) is 0 Å². The Kier molecular flexibility index (Phi) is 4.67. The second-order valence-corrected chi connectivity index (χ2v) is 6.97. The Morgan fingerprint density at radius 3 is 2.61 bits per heavy atom. The lowest BCUT2D eigenvalue weighted by molar-refractivity contribution is 0.624. The molecule has 96 valence electrons. The van der Waals surface area contributed by atoms with Crippen molar-refractivity contribution in [1.29, 1.82) is 0 Å². The topological polar surface area (TPSA) is 26.0 Å². The van der Waals surface area contributed by atoms with Gasteiger partial charge in [-0.2, -0.15) is 0 Å². The maximum Gasteiger partial charge on any atom is 0.124 e. The lowest BCUT2D eigenvalue weighted by atomic mass is 10.0. The van der Waals surface area contributed by atoms with Crippen LogP contribution in [0.4, 0.5) is 4.39 Å². The lowest BCUT2D eigenvalue weighted by Gasteiger charge is -2.12. The summed E-state index contributed by atoms with van der Waals surface area (Å²) in [7, 11) is 0. The molecule has 18 heavy (non-hydrogen) atoms. The van der Waals surface area contributed by atoms with Crippen molar-refractivity contribution >= 4 is 50.5 Å². The molecule has 0 saturated carbocycles. The molecule has 2 rings (SSSR count). The van der Waals surface area contributed by atoms with E-state index in [9.17, 15) is 4.39 Å². The van der Waals surface area contributed by atoms with Crippen LogP contribution in [0.1, 0.15) is 17.2 Å². The molecule has 2 aromatic rings. The maximum absolute atomic E-state index is 13.0. The van der Waals surface area contributed by atoms with Gasteiger partial charge in [-0.1, -0.05) is 45.2 Å². The van der Waals surface area contributed by atoms with Crippen LogP contribution in [0.3, 0.4) is 0 Å². The summed E-state index contributed by atoms with van der Waals surface area (Å²) in [6.07, 6.45) is 0.563. The zero-order valence-electron chi connectivity index (χ0n) is 9.09. The van der Waals surface area contributed by atoms with Gasteiger partial charge in [0.2, 0.25) is 0 Å². The molecular formula is C12H9BrCl2FNS. The number of hydrogen-bond donors (Lipinski definition) is 1. The zero-order valence-corrected chi connectivity index (χ0v) is 13.0. The van der Waals surface area contributed by atoms with E-state index in [-0.39, 0.29) is 11.9 Å². The van der Waals surface area contributed by atoms with Crippen molar-refractivity contribution in [2.45, 2.75) is 12.5 Å². The third-order valence-electron chi connectivity index (χ3n) is 2.54. The minimum Gasteiger partial charge on any atom is -0.324 e. The fraction of sp³-hybridized carbons (Fsp3) is 0.167. The smallest absolute Gasteiger partial charge is 0.124 e. The van der Waals surface area contributed by atoms with E-state index in [1.54, 1.807) is 12.1 Å². The third kappa shape index (κ3) is 3.25. The van der Waals surface area contributed by atoms with Gasteiger partial charge in [0.1, 0.15) is 5.82 Å². The molecule has 1 heterocycles. The van der Waals surface area contributed by atoms with Crippen LogP contribution in [0, 0.1) is 5.82 Å². The van der Waals surface area contributed by atoms with Gasteiger partial charge in [0.25, 0.3) is 0 Å². The van der Waals surface area contributed by atoms with Crippen molar-refractivity contribution in [2.75, 3.05) is 0 Å². The van der Waals surface area contributed by atoms with E-state index >= 15 is 0 Å². The monoisotopic (exact) mass is 367 g/mol. The molecule has 0 aliphatic heterocycles. The summed E-state index contributed by atoms with van der Waals surface area (Å²) in [4.78, 5) is 0. The van der Waals surface area contributed by atoms with Crippen LogP contribution in [0.2, 0.25) is 8.67 Å². The molecular weight excluding hydrogens is 360 g/mol. The van der Waals surface area contributed by atoms with Crippen LogP contribution in [0.25, 0.3) is 0 Å². The summed E-state index contributed by atoms with van der Waals surface area (Å²) >= 11 is 16.6. The molecule has 2 N–H and O–H groups in total. The van der Waals surface area contributed by atoms with E-state index < -0.39 is 0 Å². The Bertz CT molecular complexity index is 573. The van der Waals surface area contributed by atoms with Gasteiger partial charge in [-0.25, -0.2) is 4.39 Å². The average molecular weight is 369 g/mol. The first-order valence-corrected chi connectivity index (χ1v) is 7.48. The Morgan fingerprint density at radius 2 is 2.06 bits per heavy atom. The summed E-state index contributed by atoms with van der Waals surface area (Å²) in [5.41, 5.74) is 7.85. The molecule has 0 fully saturated rings. The number of nitrogens with two attached hydrogens (primary N) is 1. The summed E-state index contributed by atoms with van der Waals surface area (Å²) in [5.74, 6) is -0.282. The zero-order chi connectivity index (χ0) is 13.3. The lowest BCUT2D eigenvalue weighted by Crippen LogP contribution is -2.13. The second kappa shape index (κ2) is 5.88. The standard InChI is InChI=1S/C12H9BrCl2FNS/c13-9-4-7(16)2-1-6(9)3-10(17)8-5-11(14)18-12(8)15/h1-2,4-5,10H,3,17H2. The van der Waals surface area contributed by atoms with Crippen LogP contribution in [-0.4, -0.2) is 0 Å². The van der Waals surface area contributed by atoms with Gasteiger partial charge in [0, 0.05) is 16.1 Å². The van der Waals surface area contributed by atoms with Gasteiger partial charge in [-0.15, -0.1) is 11.3 Å². The van der Waals surface area contributed by atoms with Crippen molar-refractivity contribution in [3.63, 3.8) is 0 Å². The molecule has 1 unspecified atom stereocenters. The Balaban J connectivity index is 2.21. The molecule has 6 heteroatoms. The molecule has 0 amide bonds. The summed E-state index contributed by atoms with van der Waals surface area (Å²) in [6, 6.07) is 6.06. The molecule has 0 aliphatic carbocycles. The Morgan fingerprint density at radius 1 is 1.33 bits per heavy atom. The van der Waals surface area contributed by atoms with Gasteiger partial charge in [-0.05, 0) is 30.2 Å². The quantitative estimate of drug-likeness (QED) is 0.791. The molecule has 1 nitrogen and oxygen atoms in total. The summed E-state index contributed by atoms with van der Waals surface area (Å²) < 4.78 is 14.9. The predicted molar refractivity (Wildman–Crippen MR) is 79.1 cm³/mol. The van der Waals surface area contributed by atoms with E-state index in [4.69, 9.17) is 28.9 Å². The van der Waals surface area contributed by atoms with Crippen LogP contribution in [0.15, 0.2) is 28.7 Å². The molecule has 0 bridgehead atoms. The summed E-state index contributed by atoms with van der Waals surface area (Å²) in [6.45, 7) is 0. The second-order valence-electron chi connectivity index (χ2n) is 3.83. The van der Waals surface area contributed by atoms with E-state index in [0.717, 1.165) is 11.1 Å². The van der Waals surface area contributed by atoms with Crippen LogP contribution in [-0.2, 0) is 6.42 Å². The molecule has 0 radical (unpaired) electrons. The summed E-state index contributed by atoms with van der Waals surface area (Å²) in [5, 5.41) is 0. The average Bonchev–Trinajstić information content (AvgIpc) is 2.62. The minimum absolute atomic E-state index is 0.261. The van der Waals surface area contributed by atoms with Crippen molar-refractivity contribution < 1.29 is 4.39 Å². The third-order valence-corrected chi connectivity index (χ3v) is 4.79. The van der Waals surface area contributed by atoms with Crippen LogP contribution < -0.4 is 5.73 Å². The van der Waals surface area contributed by atoms with Gasteiger partial charge < -0.3 is 5.73 Å². The number of hydrogen-bond acceptors (Lipinski definition) is 2. The molecule has 0 spiro atoms. The SMILES string of the molecule is NC(Cc1ccc(F)cc1Br)c1cc(Cl)sc1Cl. The van der Waals surface area contributed by atoms with E-state index in [1.807, 2.05) is 0 Å². The Labute approximate surface area is 127 Å². The number of rotatable bonds is 3. The van der Waals surface area contributed by atoms with Crippen LogP contribution >= 0.6 is 50.5 Å². The van der Waals surface area contributed by atoms with Gasteiger partial charge in [0.05, 0.1) is 8.67 Å². The van der Waals surface area contributed by atoms with Crippen LogP contribution in [0.5, 0.6) is 0 Å². The van der Waals surface area contributed by atoms with Crippen molar-refractivity contribution in [3.8, 4) is 0 Å². The fourth-order valence-corrected chi connectivity index (χ4v) is 3.75. The molecule has 0 saturated heterocycles. The number of thiophene rings is 1. The largest absolute Gasteiger partial charge is 0.324 e. The maximum atomic E-state index is 13.0. The molecule has 1 aromatic heterocycles. The highest BCUT2D eigenvalue weighted by atomic mass is 79.9. The van der Waals surface area contributed by atoms with Gasteiger partial charge in [-0.3, -0.25) is 0 Å². The molecule has 1 atom stereocenters. The van der Waals surface area contributed by atoms with Crippen molar-refractivity contribution in [2.24, 2.45) is 5.73 Å². The van der Waals surface area contributed by atoms with E-state index in [1.165, 1.54) is 23.5 Å². The molecule has 1 aromatic carbocycles. The number of halogens is 4. The fourth-order valence-electron chi connectivity index (χ4n) is 1.64. The normalized spacial score (nSPS) is 12.7. The predicted octanol–water partition coefficient (Wildman–Crippen LogP) is 5.20. The minimum atomic E-state index is -0.282. The highest BCUT2D eigenvalue weighted by Gasteiger charge is 2.15. The van der Waals surface area contributed by atoms with Gasteiger partial charge in [0.15, 0.2) is 0 Å². The number of benzene rings is 1.